The zero-order valence-corrected chi connectivity index (χ0v) is 14.9. The highest BCUT2D eigenvalue weighted by Crippen LogP contribution is 2.06. The van der Waals surface area contributed by atoms with Crippen molar-refractivity contribution < 1.29 is 17.9 Å². The Morgan fingerprint density at radius 2 is 2.09 bits per heavy atom. The maximum absolute atomic E-state index is 11.9. The molecule has 0 bridgehead atoms. The van der Waals surface area contributed by atoms with E-state index in [0.717, 1.165) is 6.54 Å². The fourth-order valence-corrected chi connectivity index (χ4v) is 2.83. The lowest BCUT2D eigenvalue weighted by atomic mass is 10.2. The molecule has 1 rings (SSSR count). The summed E-state index contributed by atoms with van der Waals surface area (Å²) in [5.41, 5.74) is -0.571. The molecule has 23 heavy (non-hydrogen) atoms. The second-order valence-corrected chi connectivity index (χ2v) is 7.98. The van der Waals surface area contributed by atoms with Crippen molar-refractivity contribution in [2.24, 2.45) is 0 Å². The van der Waals surface area contributed by atoms with Crippen LogP contribution in [0, 0.1) is 0 Å². The number of imidazole rings is 1. The number of rotatable bonds is 8. The van der Waals surface area contributed by atoms with Crippen LogP contribution in [0.2, 0.25) is 0 Å². The van der Waals surface area contributed by atoms with E-state index in [1.807, 2.05) is 11.5 Å². The van der Waals surface area contributed by atoms with Gasteiger partial charge in [-0.15, -0.1) is 0 Å². The van der Waals surface area contributed by atoms with E-state index in [4.69, 9.17) is 4.74 Å². The lowest BCUT2D eigenvalue weighted by Gasteiger charge is -2.19. The molecular formula is C14H26N4O4S. The van der Waals surface area contributed by atoms with Gasteiger partial charge in [-0.25, -0.2) is 22.9 Å². The van der Waals surface area contributed by atoms with Crippen molar-refractivity contribution >= 4 is 16.1 Å². The molecule has 0 radical (unpaired) electrons. The number of ether oxygens (including phenoxy) is 1. The van der Waals surface area contributed by atoms with Gasteiger partial charge in [0.15, 0.2) is 0 Å². The summed E-state index contributed by atoms with van der Waals surface area (Å²) in [7, 11) is -3.41. The Morgan fingerprint density at radius 3 is 2.70 bits per heavy atom. The fraction of sp³-hybridized carbons (Fsp3) is 0.714. The number of hydrogen-bond donors (Lipinski definition) is 2. The highest BCUT2D eigenvalue weighted by molar-refractivity contribution is 7.89. The zero-order chi connectivity index (χ0) is 17.5. The van der Waals surface area contributed by atoms with Gasteiger partial charge in [-0.05, 0) is 34.1 Å². The van der Waals surface area contributed by atoms with E-state index in [-0.39, 0.29) is 18.8 Å². The number of sulfonamides is 1. The number of carbonyl (C=O) groups excluding carboxylic acids is 1. The standard InChI is InChI=1S/C14H26N4O4S/c1-5-18-9-8-15-12(18)11-17-23(20,21)10-6-7-16-13(19)22-14(2,3)4/h8-9,17H,5-7,10-11H2,1-4H3,(H,16,19). The van der Waals surface area contributed by atoms with Gasteiger partial charge in [-0.2, -0.15) is 0 Å². The van der Waals surface area contributed by atoms with Crippen LogP contribution in [-0.4, -0.2) is 42.0 Å². The molecule has 0 fully saturated rings. The largest absolute Gasteiger partial charge is 0.444 e. The molecule has 1 aromatic heterocycles. The maximum atomic E-state index is 11.9. The average molecular weight is 346 g/mol. The zero-order valence-electron chi connectivity index (χ0n) is 14.1. The van der Waals surface area contributed by atoms with E-state index < -0.39 is 21.7 Å². The van der Waals surface area contributed by atoms with E-state index in [2.05, 4.69) is 15.0 Å². The van der Waals surface area contributed by atoms with Gasteiger partial charge in [-0.3, -0.25) is 0 Å². The summed E-state index contributed by atoms with van der Waals surface area (Å²) >= 11 is 0. The second-order valence-electron chi connectivity index (χ2n) is 6.05. The summed E-state index contributed by atoms with van der Waals surface area (Å²) in [4.78, 5) is 15.5. The van der Waals surface area contributed by atoms with Crippen molar-refractivity contribution in [1.82, 2.24) is 19.6 Å². The molecule has 0 aliphatic carbocycles. The lowest BCUT2D eigenvalue weighted by molar-refractivity contribution is 0.0528. The first-order valence-electron chi connectivity index (χ1n) is 7.57. The van der Waals surface area contributed by atoms with Crippen LogP contribution in [0.1, 0.15) is 39.9 Å². The summed E-state index contributed by atoms with van der Waals surface area (Å²) in [5, 5.41) is 2.53. The monoisotopic (exact) mass is 346 g/mol. The van der Waals surface area contributed by atoms with Crippen LogP contribution in [0.5, 0.6) is 0 Å². The van der Waals surface area contributed by atoms with Gasteiger partial charge < -0.3 is 14.6 Å². The minimum Gasteiger partial charge on any atom is -0.444 e. The minimum absolute atomic E-state index is 0.0738. The molecule has 1 amide bonds. The molecule has 1 aromatic rings. The van der Waals surface area contributed by atoms with Gasteiger partial charge in [0.05, 0.1) is 12.3 Å². The summed E-state index contributed by atoms with van der Waals surface area (Å²) in [6, 6.07) is 0. The topological polar surface area (TPSA) is 102 Å². The van der Waals surface area contributed by atoms with E-state index in [9.17, 15) is 13.2 Å². The molecule has 1 heterocycles. The van der Waals surface area contributed by atoms with E-state index in [1.165, 1.54) is 0 Å². The Balaban J connectivity index is 2.29. The molecular weight excluding hydrogens is 320 g/mol. The average Bonchev–Trinajstić information content (AvgIpc) is 2.87. The number of aryl methyl sites for hydroxylation is 1. The number of alkyl carbamates (subject to hydrolysis) is 1. The van der Waals surface area contributed by atoms with Crippen LogP contribution in [0.15, 0.2) is 12.4 Å². The molecule has 132 valence electrons. The van der Waals surface area contributed by atoms with Crippen molar-refractivity contribution in [3.05, 3.63) is 18.2 Å². The Kier molecular flexibility index (Phi) is 7.01. The van der Waals surface area contributed by atoms with E-state index in [0.29, 0.717) is 12.2 Å². The Labute approximate surface area is 137 Å². The van der Waals surface area contributed by atoms with Crippen LogP contribution < -0.4 is 10.0 Å². The molecule has 0 atom stereocenters. The van der Waals surface area contributed by atoms with Crippen molar-refractivity contribution in [2.45, 2.75) is 52.8 Å². The van der Waals surface area contributed by atoms with Crippen LogP contribution in [0.4, 0.5) is 4.79 Å². The number of aromatic nitrogens is 2. The smallest absolute Gasteiger partial charge is 0.407 e. The highest BCUT2D eigenvalue weighted by Gasteiger charge is 2.16. The van der Waals surface area contributed by atoms with Gasteiger partial charge in [0.25, 0.3) is 0 Å². The normalized spacial score (nSPS) is 12.2. The number of hydrogen-bond acceptors (Lipinski definition) is 5. The molecule has 8 nitrogen and oxygen atoms in total. The first-order valence-corrected chi connectivity index (χ1v) is 9.22. The molecule has 0 saturated carbocycles. The summed E-state index contributed by atoms with van der Waals surface area (Å²) < 4.78 is 33.3. The fourth-order valence-electron chi connectivity index (χ4n) is 1.81. The van der Waals surface area contributed by atoms with E-state index in [1.54, 1.807) is 33.2 Å². The predicted molar refractivity (Wildman–Crippen MR) is 87.4 cm³/mol. The van der Waals surface area contributed by atoms with Crippen molar-refractivity contribution in [3.63, 3.8) is 0 Å². The Hall–Kier alpha value is -1.61. The predicted octanol–water partition coefficient (Wildman–Crippen LogP) is 1.24. The van der Waals surface area contributed by atoms with Crippen LogP contribution >= 0.6 is 0 Å². The summed E-state index contributed by atoms with van der Waals surface area (Å²) in [5.74, 6) is 0.596. The summed E-state index contributed by atoms with van der Waals surface area (Å²) in [6.45, 7) is 8.38. The van der Waals surface area contributed by atoms with Gasteiger partial charge in [0.2, 0.25) is 10.0 Å². The van der Waals surface area contributed by atoms with Gasteiger partial charge in [-0.1, -0.05) is 0 Å². The molecule has 0 spiro atoms. The summed E-state index contributed by atoms with van der Waals surface area (Å²) in [6.07, 6.45) is 3.19. The minimum atomic E-state index is -3.41. The molecule has 2 N–H and O–H groups in total. The molecule has 9 heteroatoms. The first-order chi connectivity index (χ1) is 10.6. The SMILES string of the molecule is CCn1ccnc1CNS(=O)(=O)CCCNC(=O)OC(C)(C)C. The lowest BCUT2D eigenvalue weighted by Crippen LogP contribution is -2.34. The van der Waals surface area contributed by atoms with Gasteiger partial charge in [0, 0.05) is 25.5 Å². The molecule has 0 aliphatic heterocycles. The van der Waals surface area contributed by atoms with Gasteiger partial charge >= 0.3 is 6.09 Å². The third-order valence-corrected chi connectivity index (χ3v) is 4.26. The second kappa shape index (κ2) is 8.30. The molecule has 0 saturated heterocycles. The molecule has 0 aliphatic rings. The van der Waals surface area contributed by atoms with Crippen LogP contribution in [-0.2, 0) is 27.8 Å². The van der Waals surface area contributed by atoms with E-state index >= 15 is 0 Å². The number of nitrogens with zero attached hydrogens (tertiary/aromatic N) is 2. The first kappa shape index (κ1) is 19.4. The third-order valence-electron chi connectivity index (χ3n) is 2.85. The Bertz CT molecular complexity index is 605. The van der Waals surface area contributed by atoms with Crippen molar-refractivity contribution in [2.75, 3.05) is 12.3 Å². The quantitative estimate of drug-likeness (QED) is 0.690. The van der Waals surface area contributed by atoms with Gasteiger partial charge in [0.1, 0.15) is 11.4 Å². The Morgan fingerprint density at radius 1 is 1.39 bits per heavy atom. The van der Waals surface area contributed by atoms with Crippen molar-refractivity contribution in [1.29, 1.82) is 0 Å². The molecule has 0 unspecified atom stereocenters. The number of carbonyl (C=O) groups is 1. The molecule has 0 aromatic carbocycles. The number of nitrogens with one attached hydrogen (secondary N) is 2. The maximum Gasteiger partial charge on any atom is 0.407 e. The number of amides is 1. The van der Waals surface area contributed by atoms with Crippen LogP contribution in [0.25, 0.3) is 0 Å². The third kappa shape index (κ3) is 7.98. The van der Waals surface area contributed by atoms with Crippen molar-refractivity contribution in [3.8, 4) is 0 Å². The van der Waals surface area contributed by atoms with Crippen LogP contribution in [0.3, 0.4) is 0 Å². The highest BCUT2D eigenvalue weighted by atomic mass is 32.2.